The lowest BCUT2D eigenvalue weighted by atomic mass is 9.70. The molecule has 0 bridgehead atoms. The van der Waals surface area contributed by atoms with Crippen molar-refractivity contribution in [2.75, 3.05) is 20.4 Å². The minimum Gasteiger partial charge on any atom is -0.339 e. The molecule has 0 saturated carbocycles. The molecule has 4 aliphatic carbocycles. The van der Waals surface area contributed by atoms with Gasteiger partial charge in [-0.05, 0) is 288 Å². The minimum atomic E-state index is -0.441. The molecule has 4 heterocycles. The average molecular weight is 1830 g/mol. The van der Waals surface area contributed by atoms with Crippen molar-refractivity contribution < 1.29 is 0 Å². The van der Waals surface area contributed by atoms with E-state index in [1.54, 1.807) is 0 Å². The van der Waals surface area contributed by atoms with Crippen LogP contribution in [0.1, 0.15) is 66.8 Å². The van der Waals surface area contributed by atoms with Crippen molar-refractivity contribution in [2.24, 2.45) is 9.98 Å². The van der Waals surface area contributed by atoms with Gasteiger partial charge in [-0.15, -0.1) is 0 Å². The molecule has 0 amide bonds. The van der Waals surface area contributed by atoms with E-state index in [0.29, 0.717) is 22.8 Å². The van der Waals surface area contributed by atoms with Gasteiger partial charge in [0.15, 0.2) is 11.6 Å². The summed E-state index contributed by atoms with van der Waals surface area (Å²) in [4.78, 5) is 24.8. The molecule has 0 unspecified atom stereocenters. The summed E-state index contributed by atoms with van der Waals surface area (Å²) in [5.74, 6) is 2.69. The molecule has 0 radical (unpaired) electrons. The highest BCUT2D eigenvalue weighted by Crippen LogP contribution is 2.66. The number of amidine groups is 2. The highest BCUT2D eigenvalue weighted by Gasteiger charge is 2.54. The van der Waals surface area contributed by atoms with Crippen molar-refractivity contribution >= 4 is 101 Å². The molecule has 0 fully saturated rings. The molecule has 28 rings (SSSR count). The number of nitrogens with one attached hydrogen (secondary N) is 2. The fourth-order valence-corrected chi connectivity index (χ4v) is 23.9. The molecule has 22 aromatic rings. The van der Waals surface area contributed by atoms with Crippen LogP contribution in [0.15, 0.2) is 496 Å². The zero-order valence-corrected chi connectivity index (χ0v) is 77.8. The van der Waals surface area contributed by atoms with Crippen LogP contribution in [-0.4, -0.2) is 21.6 Å². The Bertz CT molecular complexity index is 8610. The first-order chi connectivity index (χ1) is 71.3. The van der Waals surface area contributed by atoms with Crippen LogP contribution < -0.4 is 20.4 Å². The first-order valence-corrected chi connectivity index (χ1v) is 48.8. The minimum absolute atomic E-state index is 0.262. The van der Waals surface area contributed by atoms with E-state index in [2.05, 4.69) is 433 Å². The molecule has 0 atom stereocenters. The second-order valence-corrected chi connectivity index (χ2v) is 37.7. The lowest BCUT2D eigenvalue weighted by molar-refractivity contribution is 0.794. The third-order valence-corrected chi connectivity index (χ3v) is 30.3. The van der Waals surface area contributed by atoms with Crippen molar-refractivity contribution in [1.29, 1.82) is 10.5 Å². The topological polar surface area (TPSA) is 129 Å². The number of anilines is 8. The summed E-state index contributed by atoms with van der Waals surface area (Å²) in [7, 11) is 0. The SMILES string of the molecule is N#C/C(=C(/C#N)c1ccc(N(c2ccc(-c3ccccc3)cc2)c2ccc(-c3ccc(N=C4Nc5ccc(-c6ccc7c(c6)C6(c8ccccc8-c8ccccc86)c6ccccc6-7)c6cccc4c56)nc3)cc2)cc1)c1ccc(N(c2ccc(-c3ccccc3)cc2)c2ccc(-c3ccc(N=C4Nc5ccc(-c6ccc7c(c6)C6(c8ccccc8-c8ccccc86)c6ccccc6-7)c6cccc4c56)nc3)cc2)cc1. The Labute approximate surface area is 833 Å². The zero-order chi connectivity index (χ0) is 95.2. The number of aromatic nitrogens is 2. The van der Waals surface area contributed by atoms with Gasteiger partial charge in [-0.3, -0.25) is 0 Å². The van der Waals surface area contributed by atoms with Crippen molar-refractivity contribution in [2.45, 2.75) is 10.8 Å². The molecule has 0 saturated heterocycles. The van der Waals surface area contributed by atoms with E-state index >= 15 is 0 Å². The Kier molecular flexibility index (Phi) is 19.0. The third kappa shape index (κ3) is 12.9. The number of benzene rings is 20. The lowest BCUT2D eigenvalue weighted by Gasteiger charge is -2.30. The summed E-state index contributed by atoms with van der Waals surface area (Å²) < 4.78 is 0. The summed E-state index contributed by atoms with van der Waals surface area (Å²) in [5, 5.41) is 34.4. The maximum absolute atomic E-state index is 11.2. The van der Waals surface area contributed by atoms with Gasteiger partial charge in [0.2, 0.25) is 0 Å². The van der Waals surface area contributed by atoms with Gasteiger partial charge in [-0.25, -0.2) is 20.0 Å². The maximum Gasteiger partial charge on any atom is 0.154 e. The van der Waals surface area contributed by atoms with Crippen LogP contribution in [0.2, 0.25) is 0 Å². The second kappa shape index (κ2) is 33.1. The molecule has 668 valence electrons. The van der Waals surface area contributed by atoms with Gasteiger partial charge < -0.3 is 20.4 Å². The number of aliphatic imine (C=N–C) groups is 2. The Morgan fingerprint density at radius 2 is 0.479 bits per heavy atom. The Hall–Kier alpha value is -19.5. The fraction of sp³-hybridized carbons (Fsp3) is 0.0149. The van der Waals surface area contributed by atoms with Crippen molar-refractivity contribution in [1.82, 2.24) is 9.97 Å². The number of pyridine rings is 2. The van der Waals surface area contributed by atoms with Crippen LogP contribution in [0.3, 0.4) is 0 Å². The largest absolute Gasteiger partial charge is 0.339 e. The van der Waals surface area contributed by atoms with Crippen LogP contribution in [0.4, 0.5) is 57.1 Å². The van der Waals surface area contributed by atoms with Gasteiger partial charge in [0.1, 0.15) is 23.8 Å². The molecule has 2 aromatic heterocycles. The standard InChI is InChI=1S/C134H82N10/c135-79-115(89-49-65-99(66-50-89)143(95-57-41-85(42-58-95)83-21-3-1-4-22-83)97-61-45-87(46-62-97)93-55-75-127(137-81-93)141-131-113-33-19-31-111-101(71-73-125(139-131)129(111)113)91-53-69-109-107-29-11-17-39-121(107)133(123(109)77-91)117-35-13-7-25-103(117)104-26-8-14-36-118(104)133)116(80-136)90-51-67-100(68-52-90)144(96-59-43-86(44-60-96)84-23-5-2-6-24-84)98-63-47-88(48-64-98)94-56-76-128(138-82-94)142-132-114-34-20-32-112-102(72-74-126(140-132)130(112)114)92-54-70-110-108-30-12-18-40-122(108)134(124(110)78-92)119-37-15-9-27-105(119)106-28-10-16-38-120(106)134/h1-78,81-82H,(H,137,139,141)(H,138,140,142)/b116-115+. The van der Waals surface area contributed by atoms with Crippen molar-refractivity contribution in [3.05, 3.63) is 552 Å². The van der Waals surface area contributed by atoms with Gasteiger partial charge in [0, 0.05) is 90.9 Å². The molecular weight excluding hydrogens is 1750 g/mol. The fourth-order valence-electron chi connectivity index (χ4n) is 23.9. The van der Waals surface area contributed by atoms with Gasteiger partial charge in [-0.1, -0.05) is 352 Å². The highest BCUT2D eigenvalue weighted by atomic mass is 15.1. The van der Waals surface area contributed by atoms with E-state index in [-0.39, 0.29) is 11.1 Å². The molecule has 2 aliphatic heterocycles. The van der Waals surface area contributed by atoms with E-state index in [4.69, 9.17) is 20.0 Å². The van der Waals surface area contributed by atoms with E-state index in [1.165, 1.54) is 111 Å². The number of rotatable bonds is 16. The molecule has 2 N–H and O–H groups in total. The van der Waals surface area contributed by atoms with E-state index in [9.17, 15) is 10.5 Å². The molecular formula is C134H82N10. The van der Waals surface area contributed by atoms with E-state index in [1.807, 2.05) is 85.2 Å². The quantitative estimate of drug-likeness (QED) is 0.0723. The monoisotopic (exact) mass is 1830 g/mol. The molecule has 144 heavy (non-hydrogen) atoms. The summed E-state index contributed by atoms with van der Waals surface area (Å²) in [6.07, 6.45) is 3.79. The summed E-state index contributed by atoms with van der Waals surface area (Å²) in [6, 6.07) is 174. The number of fused-ring (bicyclic) bond motifs is 20. The number of hydrogen-bond acceptors (Lipinski definition) is 8. The van der Waals surface area contributed by atoms with Crippen LogP contribution in [0.5, 0.6) is 0 Å². The summed E-state index contributed by atoms with van der Waals surface area (Å²) in [6.45, 7) is 0. The number of hydrogen-bond donors (Lipinski definition) is 2. The van der Waals surface area contributed by atoms with Gasteiger partial charge in [0.25, 0.3) is 0 Å². The number of allylic oxidation sites excluding steroid dienone is 2. The maximum atomic E-state index is 11.2. The van der Waals surface area contributed by atoms with Crippen LogP contribution in [0.25, 0.3) is 144 Å². The first kappa shape index (κ1) is 82.7. The Morgan fingerprint density at radius 1 is 0.222 bits per heavy atom. The smallest absolute Gasteiger partial charge is 0.154 e. The van der Waals surface area contributed by atoms with E-state index in [0.717, 1.165) is 134 Å². The Balaban J connectivity index is 0.440. The Morgan fingerprint density at radius 3 is 0.785 bits per heavy atom. The van der Waals surface area contributed by atoms with Crippen LogP contribution in [0, 0.1) is 22.7 Å². The van der Waals surface area contributed by atoms with Crippen molar-refractivity contribution in [3.63, 3.8) is 0 Å². The predicted molar refractivity (Wildman–Crippen MR) is 589 cm³/mol. The van der Waals surface area contributed by atoms with Crippen molar-refractivity contribution in [3.8, 4) is 123 Å². The van der Waals surface area contributed by atoms with Gasteiger partial charge in [0.05, 0.1) is 22.0 Å². The second-order valence-electron chi connectivity index (χ2n) is 37.7. The van der Waals surface area contributed by atoms with Crippen LogP contribution >= 0.6 is 0 Å². The summed E-state index contributed by atoms with van der Waals surface area (Å²) >= 11 is 0. The number of nitriles is 2. The normalized spacial score (nSPS) is 13.9. The third-order valence-electron chi connectivity index (χ3n) is 30.3. The predicted octanol–water partition coefficient (Wildman–Crippen LogP) is 33.4. The highest BCUT2D eigenvalue weighted by molar-refractivity contribution is 6.29. The van der Waals surface area contributed by atoms with E-state index < -0.39 is 10.8 Å². The molecule has 6 aliphatic rings. The molecule has 10 nitrogen and oxygen atoms in total. The molecule has 2 spiro atoms. The zero-order valence-electron chi connectivity index (χ0n) is 77.8. The summed E-state index contributed by atoms with van der Waals surface area (Å²) in [5.41, 5.74) is 44.3. The van der Waals surface area contributed by atoms with Gasteiger partial charge in [-0.2, -0.15) is 10.5 Å². The first-order valence-electron chi connectivity index (χ1n) is 48.8. The number of nitrogens with zero attached hydrogens (tertiary/aromatic N) is 8. The lowest BCUT2D eigenvalue weighted by Crippen LogP contribution is -2.25. The molecule has 20 aromatic carbocycles. The molecule has 10 heteroatoms. The average Bonchev–Trinajstić information content (AvgIpc) is 1.51. The van der Waals surface area contributed by atoms with Gasteiger partial charge >= 0.3 is 0 Å². The van der Waals surface area contributed by atoms with Crippen LogP contribution in [-0.2, 0) is 10.8 Å².